The molecule has 0 atom stereocenters. The number of phenolic OH excluding ortho intramolecular Hbond substituents is 3. The SMILES string of the molecule is Oc1ccc(-c2ccccc2)c(O)c1O.[Ce]. The topological polar surface area (TPSA) is 60.7 Å². The predicted molar refractivity (Wildman–Crippen MR) is 56.9 cm³/mol. The molecule has 0 amide bonds. The number of hydrogen-bond acceptors (Lipinski definition) is 3. The van der Waals surface area contributed by atoms with E-state index in [4.69, 9.17) is 5.11 Å². The van der Waals surface area contributed by atoms with E-state index in [1.807, 2.05) is 30.3 Å². The van der Waals surface area contributed by atoms with Crippen molar-refractivity contribution in [3.63, 3.8) is 0 Å². The summed E-state index contributed by atoms with van der Waals surface area (Å²) < 4.78 is 0. The zero-order valence-electron chi connectivity index (χ0n) is 8.38. The normalized spacial score (nSPS) is 9.50. The summed E-state index contributed by atoms with van der Waals surface area (Å²) in [7, 11) is 0. The Morgan fingerprint density at radius 1 is 0.688 bits per heavy atom. The van der Waals surface area contributed by atoms with Gasteiger partial charge in [-0.2, -0.15) is 0 Å². The molecule has 4 heteroatoms. The summed E-state index contributed by atoms with van der Waals surface area (Å²) in [6.45, 7) is 0. The van der Waals surface area contributed by atoms with E-state index in [0.717, 1.165) is 5.56 Å². The minimum atomic E-state index is -0.489. The second-order valence-corrected chi connectivity index (χ2v) is 3.20. The van der Waals surface area contributed by atoms with Crippen molar-refractivity contribution in [2.24, 2.45) is 0 Å². The molecule has 0 bridgehead atoms. The van der Waals surface area contributed by atoms with Gasteiger partial charge < -0.3 is 15.3 Å². The molecule has 0 aliphatic carbocycles. The molecule has 16 heavy (non-hydrogen) atoms. The molecule has 0 fully saturated rings. The minimum absolute atomic E-state index is 0. The van der Waals surface area contributed by atoms with E-state index in [-0.39, 0.29) is 53.2 Å². The molecule has 0 aliphatic heterocycles. The number of rotatable bonds is 1. The van der Waals surface area contributed by atoms with Gasteiger partial charge in [0.1, 0.15) is 0 Å². The molecular formula is C12H10CeO3. The molecule has 2 aromatic carbocycles. The standard InChI is InChI=1S/C12H10O3.Ce/c13-10-7-6-9(11(14)12(10)15)8-4-2-1-3-5-8;/h1-7,13-15H;. The van der Waals surface area contributed by atoms with E-state index in [0.29, 0.717) is 5.56 Å². The van der Waals surface area contributed by atoms with Crippen LogP contribution in [-0.2, 0) is 0 Å². The van der Waals surface area contributed by atoms with Gasteiger partial charge in [0.05, 0.1) is 0 Å². The average molecular weight is 342 g/mol. The van der Waals surface area contributed by atoms with Crippen LogP contribution in [0.3, 0.4) is 0 Å². The van der Waals surface area contributed by atoms with Crippen LogP contribution in [0.15, 0.2) is 42.5 Å². The molecule has 0 aliphatic rings. The fourth-order valence-electron chi connectivity index (χ4n) is 1.42. The number of benzene rings is 2. The fourth-order valence-corrected chi connectivity index (χ4v) is 1.42. The molecule has 0 heterocycles. The van der Waals surface area contributed by atoms with Gasteiger partial charge in [0.2, 0.25) is 5.75 Å². The maximum Gasteiger partial charge on any atom is 0.200 e. The number of hydrogen-bond donors (Lipinski definition) is 3. The smallest absolute Gasteiger partial charge is 0.200 e. The van der Waals surface area contributed by atoms with E-state index < -0.39 is 5.75 Å². The summed E-state index contributed by atoms with van der Waals surface area (Å²) in [6, 6.07) is 12.0. The van der Waals surface area contributed by atoms with Crippen LogP contribution in [0, 0.1) is 41.7 Å². The Morgan fingerprint density at radius 3 is 1.94 bits per heavy atom. The zero-order valence-corrected chi connectivity index (χ0v) is 11.5. The minimum Gasteiger partial charge on any atom is -0.504 e. The maximum atomic E-state index is 9.62. The molecule has 3 nitrogen and oxygen atoms in total. The quantitative estimate of drug-likeness (QED) is 0.698. The van der Waals surface area contributed by atoms with Crippen molar-refractivity contribution in [2.75, 3.05) is 0 Å². The van der Waals surface area contributed by atoms with Crippen LogP contribution in [0.25, 0.3) is 11.1 Å². The first-order valence-corrected chi connectivity index (χ1v) is 4.49. The Kier molecular flexibility index (Phi) is 4.58. The number of phenols is 3. The van der Waals surface area contributed by atoms with Crippen molar-refractivity contribution in [2.45, 2.75) is 0 Å². The summed E-state index contributed by atoms with van der Waals surface area (Å²) in [5.41, 5.74) is 1.27. The van der Waals surface area contributed by atoms with E-state index in [1.54, 1.807) is 6.07 Å². The third kappa shape index (κ3) is 2.48. The Balaban J connectivity index is 0.00000128. The molecule has 80 valence electrons. The third-order valence-electron chi connectivity index (χ3n) is 2.21. The van der Waals surface area contributed by atoms with Crippen molar-refractivity contribution in [1.29, 1.82) is 0 Å². The van der Waals surface area contributed by atoms with Crippen LogP contribution in [0.1, 0.15) is 0 Å². The fraction of sp³-hybridized carbons (Fsp3) is 0. The van der Waals surface area contributed by atoms with Gasteiger partial charge in [-0.15, -0.1) is 0 Å². The van der Waals surface area contributed by atoms with Crippen molar-refractivity contribution >= 4 is 0 Å². The van der Waals surface area contributed by atoms with Crippen LogP contribution in [0.4, 0.5) is 0 Å². The monoisotopic (exact) mass is 342 g/mol. The van der Waals surface area contributed by atoms with Crippen LogP contribution in [0.5, 0.6) is 17.2 Å². The molecule has 0 aromatic heterocycles. The largest absolute Gasteiger partial charge is 0.504 e. The number of aromatic hydroxyl groups is 3. The van der Waals surface area contributed by atoms with Gasteiger partial charge in [-0.05, 0) is 17.7 Å². The molecule has 2 rings (SSSR count). The van der Waals surface area contributed by atoms with E-state index in [9.17, 15) is 10.2 Å². The van der Waals surface area contributed by atoms with Crippen molar-refractivity contribution in [3.8, 4) is 28.4 Å². The Labute approximate surface area is 127 Å². The second-order valence-electron chi connectivity index (χ2n) is 3.20. The zero-order chi connectivity index (χ0) is 10.8. The molecule has 3 N–H and O–H groups in total. The van der Waals surface area contributed by atoms with Crippen molar-refractivity contribution in [1.82, 2.24) is 0 Å². The Morgan fingerprint density at radius 2 is 1.31 bits per heavy atom. The third-order valence-corrected chi connectivity index (χ3v) is 2.21. The van der Waals surface area contributed by atoms with Crippen molar-refractivity contribution in [3.05, 3.63) is 42.5 Å². The summed E-state index contributed by atoms with van der Waals surface area (Å²) >= 11 is 0. The van der Waals surface area contributed by atoms with Crippen LogP contribution in [0.2, 0.25) is 0 Å². The van der Waals surface area contributed by atoms with Gasteiger partial charge in [-0.1, -0.05) is 30.3 Å². The summed E-state index contributed by atoms with van der Waals surface area (Å²) in [5, 5.41) is 28.1. The van der Waals surface area contributed by atoms with E-state index in [1.165, 1.54) is 6.07 Å². The summed E-state index contributed by atoms with van der Waals surface area (Å²) in [6.07, 6.45) is 0. The van der Waals surface area contributed by atoms with Crippen LogP contribution < -0.4 is 0 Å². The van der Waals surface area contributed by atoms with Gasteiger partial charge in [-0.3, -0.25) is 0 Å². The summed E-state index contributed by atoms with van der Waals surface area (Å²) in [5.74, 6) is -1.12. The molecule has 0 spiro atoms. The molecule has 0 unspecified atom stereocenters. The van der Waals surface area contributed by atoms with Gasteiger partial charge in [0, 0.05) is 47.3 Å². The Hall–Kier alpha value is -0.783. The first-order valence-electron chi connectivity index (χ1n) is 4.49. The van der Waals surface area contributed by atoms with Crippen LogP contribution in [-0.4, -0.2) is 15.3 Å². The maximum absolute atomic E-state index is 9.62. The van der Waals surface area contributed by atoms with Gasteiger partial charge >= 0.3 is 0 Å². The molecule has 2 aromatic rings. The van der Waals surface area contributed by atoms with Gasteiger partial charge in [-0.25, -0.2) is 0 Å². The first kappa shape index (κ1) is 13.3. The average Bonchev–Trinajstić information content (AvgIpc) is 2.27. The first-order chi connectivity index (χ1) is 7.20. The summed E-state index contributed by atoms with van der Waals surface area (Å²) in [4.78, 5) is 0. The van der Waals surface area contributed by atoms with Crippen LogP contribution >= 0.6 is 0 Å². The van der Waals surface area contributed by atoms with E-state index >= 15 is 0 Å². The molecule has 0 saturated carbocycles. The molecule has 0 radical (unpaired) electrons. The van der Waals surface area contributed by atoms with Gasteiger partial charge in [0.15, 0.2) is 11.5 Å². The predicted octanol–water partition coefficient (Wildman–Crippen LogP) is 2.47. The second kappa shape index (κ2) is 5.52. The van der Waals surface area contributed by atoms with Crippen molar-refractivity contribution < 1.29 is 57.1 Å². The van der Waals surface area contributed by atoms with Gasteiger partial charge in [0.25, 0.3) is 0 Å². The molecular weight excluding hydrogens is 332 g/mol. The Bertz CT molecular complexity index is 483. The molecule has 0 saturated heterocycles. The van der Waals surface area contributed by atoms with E-state index in [2.05, 4.69) is 0 Å².